The molecule has 2 amide bonds. The molecule has 1 aliphatic rings. The first-order valence-corrected chi connectivity index (χ1v) is 11.0. The maximum atomic E-state index is 13.1. The van der Waals surface area contributed by atoms with Crippen LogP contribution in [0.3, 0.4) is 0 Å². The van der Waals surface area contributed by atoms with Crippen molar-refractivity contribution in [3.8, 4) is 5.75 Å². The molecule has 168 valence electrons. The molecule has 1 aliphatic heterocycles. The largest absolute Gasteiger partial charge is 0.497 e. The molecule has 0 saturated carbocycles. The molecular formula is C26H26N4O3. The van der Waals surface area contributed by atoms with Gasteiger partial charge in [0.2, 0.25) is 0 Å². The number of nitrogens with zero attached hydrogens (tertiary/aromatic N) is 1. The summed E-state index contributed by atoms with van der Waals surface area (Å²) >= 11 is 0. The van der Waals surface area contributed by atoms with E-state index >= 15 is 0 Å². The van der Waals surface area contributed by atoms with E-state index in [0.29, 0.717) is 25.5 Å². The molecule has 0 radical (unpaired) electrons. The Bertz CT molecular complexity index is 1220. The smallest absolute Gasteiger partial charge is 0.315 e. The number of para-hydroxylation sites is 2. The second-order valence-corrected chi connectivity index (χ2v) is 8.13. The number of aromatic nitrogens is 2. The molecule has 0 spiro atoms. The normalized spacial score (nSPS) is 16.1. The molecule has 1 unspecified atom stereocenters. The van der Waals surface area contributed by atoms with E-state index in [9.17, 15) is 4.79 Å². The van der Waals surface area contributed by atoms with Crippen LogP contribution < -0.4 is 15.4 Å². The molecule has 3 aromatic carbocycles. The van der Waals surface area contributed by atoms with Gasteiger partial charge in [0.1, 0.15) is 11.6 Å². The van der Waals surface area contributed by atoms with Crippen LogP contribution in [0.25, 0.3) is 11.0 Å². The standard InChI is InChI=1S/C26H26N4O3/c1-32-19-12-10-17(11-13-19)14-23(25-27-21-8-4-5-9-22(21)28-25)29-26(31)30-24-16-33-15-18-6-2-3-7-20(18)24/h2-13,23-24H,14-16H2,1H3,(H,27,28)(H2,29,30,31)/t23-,24?/m1/s1. The summed E-state index contributed by atoms with van der Waals surface area (Å²) < 4.78 is 10.9. The van der Waals surface area contributed by atoms with E-state index in [1.165, 1.54) is 0 Å². The predicted molar refractivity (Wildman–Crippen MR) is 126 cm³/mol. The average molecular weight is 443 g/mol. The third-order valence-corrected chi connectivity index (χ3v) is 5.92. The summed E-state index contributed by atoms with van der Waals surface area (Å²) in [4.78, 5) is 21.2. The van der Waals surface area contributed by atoms with Crippen molar-refractivity contribution in [2.75, 3.05) is 13.7 Å². The van der Waals surface area contributed by atoms with E-state index in [1.54, 1.807) is 7.11 Å². The maximum Gasteiger partial charge on any atom is 0.315 e. The van der Waals surface area contributed by atoms with Crippen LogP contribution in [0.2, 0.25) is 0 Å². The van der Waals surface area contributed by atoms with Gasteiger partial charge in [-0.25, -0.2) is 9.78 Å². The number of methoxy groups -OCH3 is 1. The highest BCUT2D eigenvalue weighted by Gasteiger charge is 2.24. The van der Waals surface area contributed by atoms with Crippen molar-refractivity contribution in [1.29, 1.82) is 0 Å². The second kappa shape index (κ2) is 9.34. The van der Waals surface area contributed by atoms with Gasteiger partial charge in [0.25, 0.3) is 0 Å². The number of imidazole rings is 1. The number of carbonyl (C=O) groups is 1. The fourth-order valence-electron chi connectivity index (χ4n) is 4.21. The Morgan fingerprint density at radius 3 is 2.73 bits per heavy atom. The van der Waals surface area contributed by atoms with Gasteiger partial charge < -0.3 is 25.1 Å². The molecule has 7 heteroatoms. The van der Waals surface area contributed by atoms with Crippen LogP contribution in [0.4, 0.5) is 4.79 Å². The predicted octanol–water partition coefficient (Wildman–Crippen LogP) is 4.43. The zero-order valence-electron chi connectivity index (χ0n) is 18.4. The molecule has 3 N–H and O–H groups in total. The van der Waals surface area contributed by atoms with E-state index in [4.69, 9.17) is 14.5 Å². The molecule has 33 heavy (non-hydrogen) atoms. The van der Waals surface area contributed by atoms with Gasteiger partial charge in [-0.2, -0.15) is 0 Å². The van der Waals surface area contributed by atoms with Crippen LogP contribution in [-0.2, 0) is 17.8 Å². The van der Waals surface area contributed by atoms with Crippen LogP contribution in [0.1, 0.15) is 34.6 Å². The lowest BCUT2D eigenvalue weighted by molar-refractivity contribution is 0.0842. The van der Waals surface area contributed by atoms with Crippen LogP contribution >= 0.6 is 0 Å². The van der Waals surface area contributed by atoms with Gasteiger partial charge >= 0.3 is 6.03 Å². The van der Waals surface area contributed by atoms with Crippen molar-refractivity contribution in [3.05, 3.63) is 95.3 Å². The quantitative estimate of drug-likeness (QED) is 0.412. The van der Waals surface area contributed by atoms with E-state index in [1.807, 2.05) is 72.8 Å². The van der Waals surface area contributed by atoms with Crippen molar-refractivity contribution < 1.29 is 14.3 Å². The Morgan fingerprint density at radius 1 is 1.12 bits per heavy atom. The minimum Gasteiger partial charge on any atom is -0.497 e. The summed E-state index contributed by atoms with van der Waals surface area (Å²) in [5.41, 5.74) is 5.05. The zero-order valence-corrected chi connectivity index (χ0v) is 18.4. The number of amides is 2. The van der Waals surface area contributed by atoms with E-state index in [2.05, 4.69) is 15.6 Å². The number of hydrogen-bond donors (Lipinski definition) is 3. The van der Waals surface area contributed by atoms with Gasteiger partial charge in [-0.15, -0.1) is 0 Å². The number of H-pyrrole nitrogens is 1. The molecule has 0 aliphatic carbocycles. The van der Waals surface area contributed by atoms with Gasteiger partial charge in [-0.3, -0.25) is 0 Å². The lowest BCUT2D eigenvalue weighted by Gasteiger charge is -2.27. The first kappa shape index (κ1) is 21.0. The van der Waals surface area contributed by atoms with Crippen molar-refractivity contribution in [1.82, 2.24) is 20.6 Å². The number of rotatable bonds is 6. The van der Waals surface area contributed by atoms with Crippen LogP contribution in [0, 0.1) is 0 Å². The summed E-state index contributed by atoms with van der Waals surface area (Å²) in [5, 5.41) is 6.20. The summed E-state index contributed by atoms with van der Waals surface area (Å²) in [6, 6.07) is 22.9. The molecule has 5 rings (SSSR count). The third kappa shape index (κ3) is 4.68. The van der Waals surface area contributed by atoms with Gasteiger partial charge in [0, 0.05) is 0 Å². The molecule has 1 aromatic heterocycles. The first-order chi connectivity index (χ1) is 16.2. The highest BCUT2D eigenvalue weighted by atomic mass is 16.5. The first-order valence-electron chi connectivity index (χ1n) is 11.0. The van der Waals surface area contributed by atoms with Crippen molar-refractivity contribution in [2.24, 2.45) is 0 Å². The van der Waals surface area contributed by atoms with Crippen LogP contribution in [-0.4, -0.2) is 29.7 Å². The molecule has 2 heterocycles. The number of ether oxygens (including phenoxy) is 2. The molecule has 2 atom stereocenters. The topological polar surface area (TPSA) is 88.3 Å². The minimum absolute atomic E-state index is 0.202. The Balaban J connectivity index is 1.37. The van der Waals surface area contributed by atoms with Crippen molar-refractivity contribution >= 4 is 17.1 Å². The van der Waals surface area contributed by atoms with Crippen molar-refractivity contribution in [2.45, 2.75) is 25.1 Å². The summed E-state index contributed by atoms with van der Waals surface area (Å²) in [7, 11) is 1.64. The SMILES string of the molecule is COc1ccc(C[C@@H](NC(=O)NC2COCc3ccccc32)c2nc3ccccc3[nH]2)cc1. The number of urea groups is 1. The average Bonchev–Trinajstić information content (AvgIpc) is 3.29. The lowest BCUT2D eigenvalue weighted by Crippen LogP contribution is -2.43. The van der Waals surface area contributed by atoms with Gasteiger partial charge in [-0.1, -0.05) is 48.5 Å². The number of aromatic amines is 1. The molecule has 0 bridgehead atoms. The second-order valence-electron chi connectivity index (χ2n) is 8.13. The Kier molecular flexibility index (Phi) is 5.95. The summed E-state index contributed by atoms with van der Waals surface area (Å²) in [5.74, 6) is 1.50. The fraction of sp³-hybridized carbons (Fsp3) is 0.231. The number of nitrogens with one attached hydrogen (secondary N) is 3. The maximum absolute atomic E-state index is 13.1. The van der Waals surface area contributed by atoms with Gasteiger partial charge in [0.15, 0.2) is 0 Å². The van der Waals surface area contributed by atoms with Gasteiger partial charge in [0.05, 0.1) is 43.4 Å². The van der Waals surface area contributed by atoms with E-state index in [0.717, 1.165) is 33.5 Å². The van der Waals surface area contributed by atoms with E-state index < -0.39 is 0 Å². The number of fused-ring (bicyclic) bond motifs is 2. The highest BCUT2D eigenvalue weighted by Crippen LogP contribution is 2.25. The zero-order chi connectivity index (χ0) is 22.6. The summed E-state index contributed by atoms with van der Waals surface area (Å²) in [6.07, 6.45) is 0.578. The molecule has 4 aromatic rings. The molecule has 0 saturated heterocycles. The number of hydrogen-bond acceptors (Lipinski definition) is 4. The third-order valence-electron chi connectivity index (χ3n) is 5.92. The molecular weight excluding hydrogens is 416 g/mol. The summed E-state index contributed by atoms with van der Waals surface area (Å²) in [6.45, 7) is 1.01. The Labute approximate surface area is 192 Å². The van der Waals surface area contributed by atoms with Crippen LogP contribution in [0.15, 0.2) is 72.8 Å². The monoisotopic (exact) mass is 442 g/mol. The Hall–Kier alpha value is -3.84. The molecule has 0 fully saturated rings. The molecule has 7 nitrogen and oxygen atoms in total. The number of carbonyl (C=O) groups excluding carboxylic acids is 1. The van der Waals surface area contributed by atoms with Gasteiger partial charge in [-0.05, 0) is 47.4 Å². The van der Waals surface area contributed by atoms with Crippen LogP contribution in [0.5, 0.6) is 5.75 Å². The van der Waals surface area contributed by atoms with E-state index in [-0.39, 0.29) is 18.1 Å². The minimum atomic E-state index is -0.342. The highest BCUT2D eigenvalue weighted by molar-refractivity contribution is 5.77. The van der Waals surface area contributed by atoms with Crippen molar-refractivity contribution in [3.63, 3.8) is 0 Å². The Morgan fingerprint density at radius 2 is 1.91 bits per heavy atom. The lowest BCUT2D eigenvalue weighted by atomic mass is 9.99. The fourth-order valence-corrected chi connectivity index (χ4v) is 4.21. The number of benzene rings is 3.